The zero-order valence-electron chi connectivity index (χ0n) is 9.39. The lowest BCUT2D eigenvalue weighted by molar-refractivity contribution is 0.0609. The van der Waals surface area contributed by atoms with Gasteiger partial charge in [0.1, 0.15) is 0 Å². The zero-order chi connectivity index (χ0) is 11.4. The van der Waals surface area contributed by atoms with E-state index in [-0.39, 0.29) is 0 Å². The molecule has 1 aromatic carbocycles. The number of hydrogen-bond acceptors (Lipinski definition) is 2. The Morgan fingerprint density at radius 3 is 2.38 bits per heavy atom. The summed E-state index contributed by atoms with van der Waals surface area (Å²) in [6, 6.07) is 12.2. The third kappa shape index (κ3) is 3.19. The Balaban J connectivity index is 2.03. The van der Waals surface area contributed by atoms with E-state index in [9.17, 15) is 5.11 Å². The van der Waals surface area contributed by atoms with Gasteiger partial charge in [0.2, 0.25) is 0 Å². The van der Waals surface area contributed by atoms with Crippen LogP contribution in [0.3, 0.4) is 0 Å². The molecule has 0 aliphatic carbocycles. The average Bonchev–Trinajstić information content (AvgIpc) is 2.70. The van der Waals surface area contributed by atoms with E-state index in [1.54, 1.807) is 11.3 Å². The molecule has 1 heterocycles. The minimum atomic E-state index is -0.664. The monoisotopic (exact) mass is 232 g/mol. The number of rotatable bonds is 4. The fraction of sp³-hybridized carbons (Fsp3) is 0.286. The molecule has 0 radical (unpaired) electrons. The average molecular weight is 232 g/mol. The van der Waals surface area contributed by atoms with Crippen LogP contribution in [0, 0.1) is 0 Å². The molecular weight excluding hydrogens is 216 g/mol. The molecule has 84 valence electrons. The predicted molar refractivity (Wildman–Crippen MR) is 68.8 cm³/mol. The lowest BCUT2D eigenvalue weighted by Gasteiger charge is -2.22. The SMILES string of the molecule is CC(O)(Cc1ccccc1)Cc1ccsc1. The maximum atomic E-state index is 10.3. The van der Waals surface area contributed by atoms with E-state index < -0.39 is 5.60 Å². The molecule has 2 aromatic rings. The van der Waals surface area contributed by atoms with Gasteiger partial charge in [-0.3, -0.25) is 0 Å². The quantitative estimate of drug-likeness (QED) is 0.857. The minimum Gasteiger partial charge on any atom is -0.389 e. The normalized spacial score (nSPS) is 14.6. The summed E-state index contributed by atoms with van der Waals surface area (Å²) >= 11 is 1.68. The number of thiophene rings is 1. The van der Waals surface area contributed by atoms with Crippen LogP contribution >= 0.6 is 11.3 Å². The standard InChI is InChI=1S/C14H16OS/c1-14(15,10-13-7-8-16-11-13)9-12-5-3-2-4-6-12/h2-8,11,15H,9-10H2,1H3. The summed E-state index contributed by atoms with van der Waals surface area (Å²) in [5.74, 6) is 0. The molecule has 1 unspecified atom stereocenters. The molecule has 0 aliphatic heterocycles. The lowest BCUT2D eigenvalue weighted by atomic mass is 9.91. The molecule has 2 rings (SSSR count). The summed E-state index contributed by atoms with van der Waals surface area (Å²) in [6.07, 6.45) is 1.41. The molecule has 0 amide bonds. The van der Waals surface area contributed by atoms with Crippen molar-refractivity contribution in [3.63, 3.8) is 0 Å². The van der Waals surface area contributed by atoms with Crippen molar-refractivity contribution in [2.75, 3.05) is 0 Å². The second-order valence-corrected chi connectivity index (χ2v) is 5.25. The molecule has 0 saturated heterocycles. The Hall–Kier alpha value is -1.12. The highest BCUT2D eigenvalue weighted by molar-refractivity contribution is 7.07. The Labute approximate surface area is 100 Å². The summed E-state index contributed by atoms with van der Waals surface area (Å²) in [6.45, 7) is 1.90. The highest BCUT2D eigenvalue weighted by Crippen LogP contribution is 2.20. The number of hydrogen-bond donors (Lipinski definition) is 1. The second-order valence-electron chi connectivity index (χ2n) is 4.47. The van der Waals surface area contributed by atoms with Crippen molar-refractivity contribution >= 4 is 11.3 Å². The van der Waals surface area contributed by atoms with E-state index in [0.29, 0.717) is 12.8 Å². The van der Waals surface area contributed by atoms with Crippen molar-refractivity contribution in [3.8, 4) is 0 Å². The van der Waals surface area contributed by atoms with E-state index in [1.807, 2.05) is 30.5 Å². The van der Waals surface area contributed by atoms with Gasteiger partial charge in [0.05, 0.1) is 5.60 Å². The van der Waals surface area contributed by atoms with E-state index in [1.165, 1.54) is 11.1 Å². The Kier molecular flexibility index (Phi) is 3.42. The third-order valence-electron chi connectivity index (χ3n) is 2.59. The third-order valence-corrected chi connectivity index (χ3v) is 3.32. The van der Waals surface area contributed by atoms with Crippen LogP contribution in [0.15, 0.2) is 47.2 Å². The van der Waals surface area contributed by atoms with Crippen molar-refractivity contribution in [3.05, 3.63) is 58.3 Å². The predicted octanol–water partition coefficient (Wildman–Crippen LogP) is 3.28. The van der Waals surface area contributed by atoms with Crippen LogP contribution in [0.1, 0.15) is 18.1 Å². The van der Waals surface area contributed by atoms with Gasteiger partial charge in [-0.2, -0.15) is 11.3 Å². The van der Waals surface area contributed by atoms with Crippen LogP contribution in [0.5, 0.6) is 0 Å². The molecule has 1 aromatic heterocycles. The van der Waals surface area contributed by atoms with Gasteiger partial charge < -0.3 is 5.11 Å². The van der Waals surface area contributed by atoms with Crippen LogP contribution < -0.4 is 0 Å². The fourth-order valence-electron chi connectivity index (χ4n) is 1.93. The minimum absolute atomic E-state index is 0.664. The van der Waals surface area contributed by atoms with Gasteiger partial charge in [-0.05, 0) is 34.9 Å². The first-order valence-corrected chi connectivity index (χ1v) is 6.37. The summed E-state index contributed by atoms with van der Waals surface area (Å²) in [7, 11) is 0. The van der Waals surface area contributed by atoms with Crippen molar-refractivity contribution in [1.82, 2.24) is 0 Å². The van der Waals surface area contributed by atoms with Crippen LogP contribution in [0.4, 0.5) is 0 Å². The van der Waals surface area contributed by atoms with Crippen molar-refractivity contribution in [2.45, 2.75) is 25.4 Å². The molecule has 0 saturated carbocycles. The highest BCUT2D eigenvalue weighted by Gasteiger charge is 2.21. The van der Waals surface area contributed by atoms with E-state index in [0.717, 1.165) is 0 Å². The molecule has 0 aliphatic rings. The number of benzene rings is 1. The van der Waals surface area contributed by atoms with Crippen LogP contribution in [0.2, 0.25) is 0 Å². The fourth-order valence-corrected chi connectivity index (χ4v) is 2.60. The van der Waals surface area contributed by atoms with Gasteiger partial charge in [0.15, 0.2) is 0 Å². The Morgan fingerprint density at radius 1 is 1.06 bits per heavy atom. The van der Waals surface area contributed by atoms with Gasteiger partial charge in [0, 0.05) is 12.8 Å². The molecule has 1 nitrogen and oxygen atoms in total. The zero-order valence-corrected chi connectivity index (χ0v) is 10.2. The molecule has 1 N–H and O–H groups in total. The first-order valence-electron chi connectivity index (χ1n) is 5.43. The van der Waals surface area contributed by atoms with Crippen LogP contribution in [-0.2, 0) is 12.8 Å². The van der Waals surface area contributed by atoms with Crippen molar-refractivity contribution < 1.29 is 5.11 Å². The van der Waals surface area contributed by atoms with Crippen LogP contribution in [0.25, 0.3) is 0 Å². The van der Waals surface area contributed by atoms with E-state index in [2.05, 4.69) is 23.6 Å². The largest absolute Gasteiger partial charge is 0.389 e. The van der Waals surface area contributed by atoms with E-state index >= 15 is 0 Å². The van der Waals surface area contributed by atoms with Crippen molar-refractivity contribution in [2.24, 2.45) is 0 Å². The lowest BCUT2D eigenvalue weighted by Crippen LogP contribution is -2.29. The summed E-state index contributed by atoms with van der Waals surface area (Å²) in [5.41, 5.74) is 1.73. The van der Waals surface area contributed by atoms with Crippen molar-refractivity contribution in [1.29, 1.82) is 0 Å². The van der Waals surface area contributed by atoms with Gasteiger partial charge >= 0.3 is 0 Å². The van der Waals surface area contributed by atoms with Gasteiger partial charge in [-0.15, -0.1) is 0 Å². The van der Waals surface area contributed by atoms with E-state index in [4.69, 9.17) is 0 Å². The molecular formula is C14H16OS. The summed E-state index contributed by atoms with van der Waals surface area (Å²) in [5, 5.41) is 14.5. The second kappa shape index (κ2) is 4.81. The Bertz CT molecular complexity index is 417. The molecule has 2 heteroatoms. The Morgan fingerprint density at radius 2 is 1.75 bits per heavy atom. The molecule has 0 spiro atoms. The molecule has 16 heavy (non-hydrogen) atoms. The van der Waals surface area contributed by atoms with Gasteiger partial charge in [-0.25, -0.2) is 0 Å². The molecule has 0 bridgehead atoms. The van der Waals surface area contributed by atoms with Gasteiger partial charge in [0.25, 0.3) is 0 Å². The maximum Gasteiger partial charge on any atom is 0.0700 e. The summed E-state index contributed by atoms with van der Waals surface area (Å²) in [4.78, 5) is 0. The van der Waals surface area contributed by atoms with Crippen LogP contribution in [-0.4, -0.2) is 10.7 Å². The topological polar surface area (TPSA) is 20.2 Å². The number of aliphatic hydroxyl groups is 1. The molecule has 0 fully saturated rings. The molecule has 1 atom stereocenters. The smallest absolute Gasteiger partial charge is 0.0700 e. The maximum absolute atomic E-state index is 10.3. The highest BCUT2D eigenvalue weighted by atomic mass is 32.1. The summed E-state index contributed by atoms with van der Waals surface area (Å²) < 4.78 is 0. The first kappa shape index (κ1) is 11.4. The first-order chi connectivity index (χ1) is 7.66. The van der Waals surface area contributed by atoms with Gasteiger partial charge in [-0.1, -0.05) is 30.3 Å².